The highest BCUT2D eigenvalue weighted by molar-refractivity contribution is 7.99. The Morgan fingerprint density at radius 3 is 1.24 bits per heavy atom. The molecule has 0 saturated carbocycles. The third-order valence-electron chi connectivity index (χ3n) is 23.4. The molecule has 0 radical (unpaired) electrons. The predicted octanol–water partition coefficient (Wildman–Crippen LogP) is 25.7. The molecule has 10 aliphatic rings. The minimum Gasteiger partial charge on any atom is -0.371 e. The molecular formula is C104H172N17P3S. The van der Waals surface area contributed by atoms with Crippen LogP contribution < -0.4 is 29.4 Å². The molecule has 0 amide bonds. The van der Waals surface area contributed by atoms with Crippen LogP contribution >= 0.6 is 35.5 Å². The van der Waals surface area contributed by atoms with E-state index in [4.69, 9.17) is 0 Å². The summed E-state index contributed by atoms with van der Waals surface area (Å²) in [4.78, 5) is 36.8. The van der Waals surface area contributed by atoms with Crippen LogP contribution in [0.25, 0.3) is 0 Å². The summed E-state index contributed by atoms with van der Waals surface area (Å²) in [7, 11) is 2.83. The molecule has 0 N–H and O–H groups in total. The maximum absolute atomic E-state index is 4.43. The number of anilines is 6. The van der Waals surface area contributed by atoms with Gasteiger partial charge in [0.25, 0.3) is 0 Å². The van der Waals surface area contributed by atoms with E-state index in [1.807, 2.05) is 30.2 Å². The van der Waals surface area contributed by atoms with E-state index >= 15 is 0 Å². The van der Waals surface area contributed by atoms with Crippen LogP contribution in [0.3, 0.4) is 0 Å². The molecule has 15 rings (SSSR count). The summed E-state index contributed by atoms with van der Waals surface area (Å²) < 4.78 is 0. The zero-order chi connectivity index (χ0) is 92.3. The van der Waals surface area contributed by atoms with Gasteiger partial charge in [-0.05, 0) is 237 Å². The third-order valence-corrected chi connectivity index (χ3v) is 33.8. The van der Waals surface area contributed by atoms with E-state index in [2.05, 4.69) is 488 Å². The van der Waals surface area contributed by atoms with Gasteiger partial charge in [0, 0.05) is 166 Å². The topological polar surface area (TPSA) is 64.2 Å². The molecule has 0 aliphatic carbocycles. The second-order valence-electron chi connectivity index (χ2n) is 40.9. The highest BCUT2D eigenvalue weighted by atomic mass is 32.2. The fourth-order valence-corrected chi connectivity index (χ4v) is 25.6. The summed E-state index contributed by atoms with van der Waals surface area (Å²) >= 11 is 1.90. The number of hydrazone groups is 1. The van der Waals surface area contributed by atoms with Crippen molar-refractivity contribution in [3.05, 3.63) is 211 Å². The fourth-order valence-electron chi connectivity index (χ4n) is 15.5. The lowest BCUT2D eigenvalue weighted by Crippen LogP contribution is -2.43. The van der Waals surface area contributed by atoms with Crippen molar-refractivity contribution >= 4 is 76.0 Å². The van der Waals surface area contributed by atoms with Crippen molar-refractivity contribution in [3.63, 3.8) is 0 Å². The fraction of sp³-hybridized carbons (Fsp3) is 0.587. The minimum absolute atomic E-state index is 0.169. The van der Waals surface area contributed by atoms with Gasteiger partial charge in [0.1, 0.15) is 13.0 Å². The Morgan fingerprint density at radius 2 is 0.872 bits per heavy atom. The van der Waals surface area contributed by atoms with Gasteiger partial charge < -0.3 is 63.7 Å². The molecule has 4 unspecified atom stereocenters. The molecule has 0 aromatic heterocycles. The summed E-state index contributed by atoms with van der Waals surface area (Å²) in [6.45, 7) is 85.1. The van der Waals surface area contributed by atoms with Gasteiger partial charge in [-0.2, -0.15) is 5.10 Å². The van der Waals surface area contributed by atoms with Crippen LogP contribution in [0.1, 0.15) is 217 Å². The number of para-hydroxylation sites is 5. The van der Waals surface area contributed by atoms with Crippen LogP contribution in [0, 0.1) is 31.6 Å². The molecule has 5 aromatic rings. The number of rotatable bonds is 17. The highest BCUT2D eigenvalue weighted by Gasteiger charge is 2.32. The third kappa shape index (κ3) is 34.4. The quantitative estimate of drug-likeness (QED) is 0.0829. The SMILES string of the molecule is C1=CN(c2ccccc2)CN1c1ccccc1.CC(C)(C)CN1CCN(CC(C)(C)C)C1.CC(C)(C)N1C=CN(CN2C=CN(C(C)(C)C)C2)C1.CC(C)N1C=CN(C(C)C)C1.CC(C)N1C=CP(C(C)C)C1.CCC(C)P1C=CP(C(C)C)C1.CCN1CN(CC)c2ccccc21.CN1CSc2ccccc21.Cc1cc(C)c(N2C=NN(C(C)C)C2)c(C)c1. The van der Waals surface area contributed by atoms with Gasteiger partial charge in [-0.15, -0.1) is 11.8 Å². The lowest BCUT2D eigenvalue weighted by atomic mass is 9.96. The van der Waals surface area contributed by atoms with Gasteiger partial charge in [-0.1, -0.05) is 197 Å². The summed E-state index contributed by atoms with van der Waals surface area (Å²) in [5.74, 6) is 10.1. The van der Waals surface area contributed by atoms with Crippen LogP contribution in [0.15, 0.2) is 205 Å². The van der Waals surface area contributed by atoms with E-state index in [1.165, 1.54) is 100 Å². The molecule has 5 aromatic carbocycles. The number of thioether (sulfide) groups is 1. The summed E-state index contributed by atoms with van der Waals surface area (Å²) in [6.07, 6.45) is 24.2. The molecule has 17 nitrogen and oxygen atoms in total. The number of benzene rings is 5. The highest BCUT2D eigenvalue weighted by Crippen LogP contribution is 2.64. The largest absolute Gasteiger partial charge is 0.371 e. The molecule has 10 aliphatic heterocycles. The monoisotopic (exact) mass is 1780 g/mol. The van der Waals surface area contributed by atoms with Crippen molar-refractivity contribution < 1.29 is 0 Å². The standard InChI is InChI=1S/C15H28N4.C15H14N2.C14H21N3.C13H28N2.C11H16N2.C10H20P2.C9H18N2.C9H18NP.C8H9NS/c1-14(2,3)18-9-7-16(12-18)11-17-8-10-19(13-17)15(4,5)6;1-3-7-14(8-4-1)16-11-12-17(13-16)15-9-5-2-6-10-15;1-10(2)17-9-16(8-15-17)14-12(4)6-11(3)7-13(14)5;1-12(2,3)9-14-7-8-15(11-14)10-13(4,5)6;1-3-12-9-13(4-2)11-8-6-5-7-10(11)12;1-5-10(4)12-7-6-11(8-12)9(2)3;2*1-8(2)10-5-6-11(7-10)9(3)4;1-9-6-10-8-5-3-2-4-7(8)9/h7-10H,11-13H2,1-6H3;1-12H,13H2;6-8,10H,9H2,1-5H3;7-11H2,1-6H3;5-8H,3-4,9H2,1-2H3;6-7,9-10H,5,8H2,1-4H3;2*5-6,8-9H,7H2,1-4H3;2-5H,6H2,1H3. The van der Waals surface area contributed by atoms with Crippen molar-refractivity contribution in [2.24, 2.45) is 15.9 Å². The first kappa shape index (κ1) is 105. The summed E-state index contributed by atoms with van der Waals surface area (Å²) in [6, 6.07) is 44.8. The summed E-state index contributed by atoms with van der Waals surface area (Å²) in [5.41, 5.74) is 15.8. The van der Waals surface area contributed by atoms with Crippen molar-refractivity contribution in [3.8, 4) is 0 Å². The molecule has 125 heavy (non-hydrogen) atoms. The second kappa shape index (κ2) is 49.7. The summed E-state index contributed by atoms with van der Waals surface area (Å²) in [5, 5.41) is 6.53. The van der Waals surface area contributed by atoms with Crippen LogP contribution in [-0.4, -0.2) is 225 Å². The normalized spacial score (nSPS) is 19.1. The predicted molar refractivity (Wildman–Crippen MR) is 559 cm³/mol. The van der Waals surface area contributed by atoms with Gasteiger partial charge in [0.2, 0.25) is 0 Å². The number of aryl methyl sites for hydroxylation is 3. The van der Waals surface area contributed by atoms with E-state index in [1.54, 1.807) is 0 Å². The molecule has 1 fully saturated rings. The minimum atomic E-state index is 0.169. The van der Waals surface area contributed by atoms with Crippen molar-refractivity contribution in [1.29, 1.82) is 0 Å². The average molecular weight is 1790 g/mol. The Bertz CT molecular complexity index is 3950. The average Bonchev–Trinajstić information content (AvgIpc) is 1.68. The second-order valence-corrected chi connectivity index (χ2v) is 50.3. The van der Waals surface area contributed by atoms with Crippen LogP contribution in [0.4, 0.5) is 34.1 Å². The zero-order valence-electron chi connectivity index (χ0n) is 84.2. The van der Waals surface area contributed by atoms with Gasteiger partial charge in [0.15, 0.2) is 0 Å². The zero-order valence-corrected chi connectivity index (χ0v) is 87.7. The Hall–Kier alpha value is -7.03. The molecule has 21 heteroatoms. The van der Waals surface area contributed by atoms with Gasteiger partial charge >= 0.3 is 0 Å². The first-order chi connectivity index (χ1) is 58.8. The van der Waals surface area contributed by atoms with Gasteiger partial charge in [-0.3, -0.25) is 14.8 Å². The first-order valence-corrected chi connectivity index (χ1v) is 52.7. The molecule has 0 spiro atoms. The Morgan fingerprint density at radius 1 is 0.424 bits per heavy atom. The molecule has 4 atom stereocenters. The van der Waals surface area contributed by atoms with Gasteiger partial charge in [0.05, 0.1) is 69.6 Å². The lowest BCUT2D eigenvalue weighted by Gasteiger charge is -2.36. The number of nitrogens with zero attached hydrogens (tertiary/aromatic N) is 17. The maximum atomic E-state index is 4.43. The van der Waals surface area contributed by atoms with Gasteiger partial charge in [-0.25, -0.2) is 0 Å². The number of hydrogen-bond donors (Lipinski definition) is 0. The maximum Gasteiger partial charge on any atom is 0.117 e. The van der Waals surface area contributed by atoms with E-state index in [0.29, 0.717) is 35.0 Å². The van der Waals surface area contributed by atoms with Crippen LogP contribution in [0.2, 0.25) is 0 Å². The van der Waals surface area contributed by atoms with Crippen molar-refractivity contribution in [2.45, 2.75) is 278 Å². The van der Waals surface area contributed by atoms with Crippen LogP contribution in [0.5, 0.6) is 0 Å². The number of fused-ring (bicyclic) bond motifs is 2. The smallest absolute Gasteiger partial charge is 0.117 e. The first-order valence-electron chi connectivity index (χ1n) is 46.8. The Balaban J connectivity index is 0.000000194. The molecular weight excluding hydrogens is 1610 g/mol. The molecule has 694 valence electrons. The Labute approximate surface area is 772 Å². The van der Waals surface area contributed by atoms with E-state index in [-0.39, 0.29) is 34.8 Å². The Kier molecular flexibility index (Phi) is 41.7. The van der Waals surface area contributed by atoms with E-state index in [9.17, 15) is 0 Å². The lowest BCUT2D eigenvalue weighted by molar-refractivity contribution is 0.103. The van der Waals surface area contributed by atoms with E-state index in [0.717, 1.165) is 89.3 Å². The van der Waals surface area contributed by atoms with Crippen molar-refractivity contribution in [1.82, 2.24) is 49.1 Å². The van der Waals surface area contributed by atoms with Crippen molar-refractivity contribution in [2.75, 3.05) is 147 Å². The molecule has 1 saturated heterocycles. The van der Waals surface area contributed by atoms with Crippen LogP contribution in [-0.2, 0) is 0 Å². The molecule has 0 bridgehead atoms. The molecule has 10 heterocycles. The van der Waals surface area contributed by atoms with E-state index < -0.39 is 0 Å². The number of hydrogen-bond acceptors (Lipinski definition) is 18.